The van der Waals surface area contributed by atoms with Crippen LogP contribution in [0.15, 0.2) is 27.4 Å². The van der Waals surface area contributed by atoms with E-state index in [0.717, 1.165) is 5.76 Å². The molecule has 2 aromatic heterocycles. The van der Waals surface area contributed by atoms with E-state index in [-0.39, 0.29) is 17.6 Å². The maximum atomic E-state index is 11.7. The van der Waals surface area contributed by atoms with Gasteiger partial charge in [0.05, 0.1) is 6.26 Å². The van der Waals surface area contributed by atoms with Crippen molar-refractivity contribution in [1.82, 2.24) is 15.6 Å². The van der Waals surface area contributed by atoms with Crippen molar-refractivity contribution in [2.45, 2.75) is 19.4 Å². The van der Waals surface area contributed by atoms with Crippen LogP contribution in [-0.4, -0.2) is 22.3 Å². The maximum absolute atomic E-state index is 11.7. The van der Waals surface area contributed by atoms with Gasteiger partial charge < -0.3 is 15.5 Å². The Balaban J connectivity index is 1.93. The van der Waals surface area contributed by atoms with E-state index < -0.39 is 5.91 Å². The Morgan fingerprint density at radius 1 is 1.59 bits per heavy atom. The Kier molecular flexibility index (Phi) is 3.08. The minimum atomic E-state index is -0.414. The lowest BCUT2D eigenvalue weighted by Crippen LogP contribution is -2.34. The van der Waals surface area contributed by atoms with Gasteiger partial charge in [0.15, 0.2) is 0 Å². The van der Waals surface area contributed by atoms with E-state index >= 15 is 0 Å². The highest BCUT2D eigenvalue weighted by atomic mass is 16.6. The molecule has 1 amide bonds. The van der Waals surface area contributed by atoms with Crippen molar-refractivity contribution in [2.75, 3.05) is 5.73 Å². The topological polar surface area (TPSA) is 107 Å². The number of aromatic nitrogens is 2. The Labute approximate surface area is 96.9 Å². The summed E-state index contributed by atoms with van der Waals surface area (Å²) in [6, 6.07) is 3.53. The number of nitrogens with one attached hydrogen (secondary N) is 1. The number of furan rings is 1. The number of amides is 1. The summed E-state index contributed by atoms with van der Waals surface area (Å²) >= 11 is 0. The van der Waals surface area contributed by atoms with E-state index in [9.17, 15) is 4.79 Å². The van der Waals surface area contributed by atoms with Gasteiger partial charge in [-0.25, -0.2) is 4.63 Å². The van der Waals surface area contributed by atoms with E-state index in [1.165, 1.54) is 0 Å². The lowest BCUT2D eigenvalue weighted by Gasteiger charge is -2.10. The molecule has 0 aliphatic carbocycles. The van der Waals surface area contributed by atoms with E-state index in [2.05, 4.69) is 20.3 Å². The summed E-state index contributed by atoms with van der Waals surface area (Å²) in [5.41, 5.74) is 5.40. The summed E-state index contributed by atoms with van der Waals surface area (Å²) in [5, 5.41) is 9.47. The number of anilines is 1. The summed E-state index contributed by atoms with van der Waals surface area (Å²) in [4.78, 5) is 11.7. The van der Waals surface area contributed by atoms with Crippen molar-refractivity contribution >= 4 is 11.7 Å². The van der Waals surface area contributed by atoms with Crippen LogP contribution in [0.5, 0.6) is 0 Å². The number of hydrogen-bond acceptors (Lipinski definition) is 6. The summed E-state index contributed by atoms with van der Waals surface area (Å²) < 4.78 is 9.53. The quantitative estimate of drug-likeness (QED) is 0.805. The Morgan fingerprint density at radius 3 is 3.00 bits per heavy atom. The maximum Gasteiger partial charge on any atom is 0.277 e. The fourth-order valence-electron chi connectivity index (χ4n) is 1.43. The number of nitrogen functional groups attached to an aromatic ring is 1. The first-order valence-corrected chi connectivity index (χ1v) is 5.08. The highest BCUT2D eigenvalue weighted by Crippen LogP contribution is 2.07. The van der Waals surface area contributed by atoms with Gasteiger partial charge in [-0.05, 0) is 29.4 Å². The fourth-order valence-corrected chi connectivity index (χ4v) is 1.43. The standard InChI is InChI=1S/C10H12N4O3/c1-6(5-7-3-2-4-16-7)12-10(15)8-9(11)14-17-13-8/h2-4,6H,5H2,1H3,(H2,11,14)(H,12,15). The van der Waals surface area contributed by atoms with Gasteiger partial charge in [-0.2, -0.15) is 0 Å². The van der Waals surface area contributed by atoms with Crippen LogP contribution in [0.1, 0.15) is 23.2 Å². The molecule has 0 spiro atoms. The number of carbonyl (C=O) groups is 1. The van der Waals surface area contributed by atoms with Gasteiger partial charge in [0.1, 0.15) is 5.76 Å². The zero-order valence-corrected chi connectivity index (χ0v) is 9.21. The molecule has 0 aliphatic heterocycles. The number of carbonyl (C=O) groups excluding carboxylic acids is 1. The third-order valence-corrected chi connectivity index (χ3v) is 2.19. The minimum Gasteiger partial charge on any atom is -0.469 e. The van der Waals surface area contributed by atoms with E-state index in [1.54, 1.807) is 12.3 Å². The molecule has 0 radical (unpaired) electrons. The smallest absolute Gasteiger partial charge is 0.277 e. The molecule has 17 heavy (non-hydrogen) atoms. The lowest BCUT2D eigenvalue weighted by atomic mass is 10.2. The SMILES string of the molecule is CC(Cc1ccco1)NC(=O)c1nonc1N. The average molecular weight is 236 g/mol. The van der Waals surface area contributed by atoms with Crippen molar-refractivity contribution in [3.63, 3.8) is 0 Å². The fraction of sp³-hybridized carbons (Fsp3) is 0.300. The van der Waals surface area contributed by atoms with Gasteiger partial charge in [-0.3, -0.25) is 4.79 Å². The second kappa shape index (κ2) is 4.69. The van der Waals surface area contributed by atoms with Crippen LogP contribution >= 0.6 is 0 Å². The first-order chi connectivity index (χ1) is 8.16. The monoisotopic (exact) mass is 236 g/mol. The second-order valence-corrected chi connectivity index (χ2v) is 3.66. The van der Waals surface area contributed by atoms with Crippen LogP contribution in [0, 0.1) is 0 Å². The number of rotatable bonds is 4. The van der Waals surface area contributed by atoms with E-state index in [0.29, 0.717) is 6.42 Å². The molecule has 2 aromatic rings. The number of nitrogens with two attached hydrogens (primary N) is 1. The first kappa shape index (κ1) is 11.2. The summed E-state index contributed by atoms with van der Waals surface area (Å²) in [6.07, 6.45) is 2.17. The van der Waals surface area contributed by atoms with Gasteiger partial charge in [0.2, 0.25) is 11.5 Å². The summed E-state index contributed by atoms with van der Waals surface area (Å²) in [6.45, 7) is 1.85. The van der Waals surface area contributed by atoms with Crippen LogP contribution < -0.4 is 11.1 Å². The molecule has 1 unspecified atom stereocenters. The van der Waals surface area contributed by atoms with Gasteiger partial charge in [-0.15, -0.1) is 0 Å². The van der Waals surface area contributed by atoms with Gasteiger partial charge in [0.25, 0.3) is 5.91 Å². The molecule has 7 nitrogen and oxygen atoms in total. The van der Waals surface area contributed by atoms with Gasteiger partial charge >= 0.3 is 0 Å². The van der Waals surface area contributed by atoms with Crippen molar-refractivity contribution in [1.29, 1.82) is 0 Å². The van der Waals surface area contributed by atoms with Crippen molar-refractivity contribution in [2.24, 2.45) is 0 Å². The molecule has 0 aromatic carbocycles. The lowest BCUT2D eigenvalue weighted by molar-refractivity contribution is 0.0930. The zero-order valence-electron chi connectivity index (χ0n) is 9.21. The minimum absolute atomic E-state index is 0.00343. The molecule has 0 bridgehead atoms. The van der Waals surface area contributed by atoms with Crippen LogP contribution in [0.3, 0.4) is 0 Å². The molecule has 2 rings (SSSR count). The van der Waals surface area contributed by atoms with Gasteiger partial charge in [0, 0.05) is 12.5 Å². The number of hydrogen-bond donors (Lipinski definition) is 2. The highest BCUT2D eigenvalue weighted by molar-refractivity contribution is 5.96. The molecule has 90 valence electrons. The molecule has 1 atom stereocenters. The van der Waals surface area contributed by atoms with Crippen LogP contribution in [0.2, 0.25) is 0 Å². The molecule has 0 fully saturated rings. The third kappa shape index (κ3) is 2.63. The van der Waals surface area contributed by atoms with Crippen LogP contribution in [0.4, 0.5) is 5.82 Å². The molecule has 0 saturated carbocycles. The van der Waals surface area contributed by atoms with E-state index in [4.69, 9.17) is 10.2 Å². The first-order valence-electron chi connectivity index (χ1n) is 5.08. The molecule has 0 saturated heterocycles. The molecular formula is C10H12N4O3. The molecule has 7 heteroatoms. The third-order valence-electron chi connectivity index (χ3n) is 2.19. The molecule has 2 heterocycles. The predicted molar refractivity (Wildman–Crippen MR) is 58.1 cm³/mol. The van der Waals surface area contributed by atoms with E-state index in [1.807, 2.05) is 13.0 Å². The van der Waals surface area contributed by atoms with Crippen LogP contribution in [0.25, 0.3) is 0 Å². The average Bonchev–Trinajstić information content (AvgIpc) is 2.88. The molecular weight excluding hydrogens is 224 g/mol. The summed E-state index contributed by atoms with van der Waals surface area (Å²) in [7, 11) is 0. The Hall–Kier alpha value is -2.31. The summed E-state index contributed by atoms with van der Waals surface area (Å²) in [5.74, 6) is 0.361. The normalized spacial score (nSPS) is 12.3. The number of nitrogens with zero attached hydrogens (tertiary/aromatic N) is 2. The van der Waals surface area contributed by atoms with Gasteiger partial charge in [-0.1, -0.05) is 0 Å². The highest BCUT2D eigenvalue weighted by Gasteiger charge is 2.18. The predicted octanol–water partition coefficient (Wildman–Crippen LogP) is 0.606. The van der Waals surface area contributed by atoms with Crippen molar-refractivity contribution < 1.29 is 13.8 Å². The van der Waals surface area contributed by atoms with Crippen molar-refractivity contribution in [3.8, 4) is 0 Å². The zero-order chi connectivity index (χ0) is 12.3. The molecule has 3 N–H and O–H groups in total. The Bertz CT molecular complexity index is 491. The Morgan fingerprint density at radius 2 is 2.41 bits per heavy atom. The second-order valence-electron chi connectivity index (χ2n) is 3.66. The van der Waals surface area contributed by atoms with Crippen LogP contribution in [-0.2, 0) is 6.42 Å². The molecule has 0 aliphatic rings. The van der Waals surface area contributed by atoms with Crippen molar-refractivity contribution in [3.05, 3.63) is 29.9 Å². The largest absolute Gasteiger partial charge is 0.469 e.